The fourth-order valence-electron chi connectivity index (χ4n) is 4.70. The molecule has 8 heteroatoms. The van der Waals surface area contributed by atoms with Gasteiger partial charge in [0.15, 0.2) is 11.0 Å². The third-order valence-electron chi connectivity index (χ3n) is 6.47. The molecule has 0 bridgehead atoms. The molecule has 0 spiro atoms. The molecule has 184 valence electrons. The number of aliphatic hydroxyl groups is 2. The molecule has 1 aliphatic heterocycles. The Kier molecular flexibility index (Phi) is 6.95. The second kappa shape index (κ2) is 10.3. The third kappa shape index (κ3) is 4.45. The number of hydrogen-bond donors (Lipinski definition) is 3. The fraction of sp³-hybridized carbons (Fsp3) is 0.214. The van der Waals surface area contributed by atoms with Gasteiger partial charge in [-0.15, -0.1) is 0 Å². The first-order valence-corrected chi connectivity index (χ1v) is 12.0. The molecule has 3 aromatic carbocycles. The summed E-state index contributed by atoms with van der Waals surface area (Å²) in [5.41, 5.74) is 1.38. The Hall–Kier alpha value is -3.40. The molecule has 5 rings (SSSR count). The standard InChI is InChI=1S/C28H26N2O5S/c31-23-16-17-30(27(36)29-23)26-25(33)24(32)22(35-26)18-34-28(19-10-4-1-5-11-19,20-12-6-2-7-13-20)21-14-8-3-9-15-21/h1-17,22,24-26,32-33H,18H2,(H,29,31,36)/t22-,24-,25-,26+/m0/s1. The van der Waals surface area contributed by atoms with E-state index < -0.39 is 30.1 Å². The minimum Gasteiger partial charge on any atom is -0.387 e. The number of benzene rings is 3. The van der Waals surface area contributed by atoms with E-state index in [9.17, 15) is 15.0 Å². The fourth-order valence-corrected chi connectivity index (χ4v) is 4.97. The molecule has 1 saturated heterocycles. The topological polar surface area (TPSA) is 96.7 Å². The van der Waals surface area contributed by atoms with Crippen LogP contribution in [0.3, 0.4) is 0 Å². The third-order valence-corrected chi connectivity index (χ3v) is 6.78. The van der Waals surface area contributed by atoms with Gasteiger partial charge in [0.2, 0.25) is 0 Å². The van der Waals surface area contributed by atoms with Crippen LogP contribution in [-0.4, -0.2) is 44.7 Å². The zero-order valence-corrected chi connectivity index (χ0v) is 20.1. The van der Waals surface area contributed by atoms with Crippen molar-refractivity contribution in [1.82, 2.24) is 9.55 Å². The monoisotopic (exact) mass is 502 g/mol. The maximum absolute atomic E-state index is 11.6. The lowest BCUT2D eigenvalue weighted by Gasteiger charge is -2.37. The first-order valence-electron chi connectivity index (χ1n) is 11.6. The van der Waals surface area contributed by atoms with E-state index in [1.165, 1.54) is 16.8 Å². The molecule has 0 unspecified atom stereocenters. The molecule has 1 fully saturated rings. The summed E-state index contributed by atoms with van der Waals surface area (Å²) in [7, 11) is 0. The minimum absolute atomic E-state index is 0.0237. The van der Waals surface area contributed by atoms with Crippen molar-refractivity contribution in [1.29, 1.82) is 0 Å². The quantitative estimate of drug-likeness (QED) is 0.264. The average molecular weight is 503 g/mol. The van der Waals surface area contributed by atoms with E-state index in [0.29, 0.717) is 0 Å². The summed E-state index contributed by atoms with van der Waals surface area (Å²) in [4.78, 5) is 14.1. The summed E-state index contributed by atoms with van der Waals surface area (Å²) >= 11 is 5.23. The first kappa shape index (κ1) is 24.3. The van der Waals surface area contributed by atoms with Crippen molar-refractivity contribution in [3.8, 4) is 0 Å². The van der Waals surface area contributed by atoms with E-state index in [1.807, 2.05) is 91.0 Å². The van der Waals surface area contributed by atoms with Crippen molar-refractivity contribution in [2.45, 2.75) is 30.1 Å². The molecule has 1 aromatic heterocycles. The number of ether oxygens (including phenoxy) is 2. The first-order chi connectivity index (χ1) is 17.5. The van der Waals surface area contributed by atoms with Gasteiger partial charge >= 0.3 is 0 Å². The maximum Gasteiger partial charge on any atom is 0.251 e. The molecule has 7 nitrogen and oxygen atoms in total. The zero-order chi connectivity index (χ0) is 25.1. The van der Waals surface area contributed by atoms with Crippen LogP contribution in [-0.2, 0) is 15.1 Å². The summed E-state index contributed by atoms with van der Waals surface area (Å²) in [6, 6.07) is 30.9. The normalized spacial score (nSPS) is 21.9. The molecule has 4 aromatic rings. The van der Waals surface area contributed by atoms with Gasteiger partial charge in [0.1, 0.15) is 23.9 Å². The Labute approximate surface area is 213 Å². The van der Waals surface area contributed by atoms with Crippen LogP contribution >= 0.6 is 12.2 Å². The van der Waals surface area contributed by atoms with Crippen molar-refractivity contribution in [2.75, 3.05) is 6.61 Å². The van der Waals surface area contributed by atoms with Crippen molar-refractivity contribution >= 4 is 12.2 Å². The van der Waals surface area contributed by atoms with Crippen LogP contribution in [0.4, 0.5) is 0 Å². The van der Waals surface area contributed by atoms with Gasteiger partial charge in [-0.25, -0.2) is 0 Å². The largest absolute Gasteiger partial charge is 0.387 e. The van der Waals surface area contributed by atoms with E-state index in [0.717, 1.165) is 16.7 Å². The number of aliphatic hydroxyl groups excluding tert-OH is 2. The molecule has 1 aliphatic rings. The Morgan fingerprint density at radius 3 is 1.81 bits per heavy atom. The highest BCUT2D eigenvalue weighted by molar-refractivity contribution is 7.71. The van der Waals surface area contributed by atoms with E-state index in [4.69, 9.17) is 21.7 Å². The Morgan fingerprint density at radius 1 is 0.833 bits per heavy atom. The molecular formula is C28H26N2O5S. The van der Waals surface area contributed by atoms with Gasteiger partial charge in [0.05, 0.1) is 6.61 Å². The van der Waals surface area contributed by atoms with Gasteiger partial charge in [0.25, 0.3) is 5.56 Å². The van der Waals surface area contributed by atoms with Crippen molar-refractivity contribution in [2.24, 2.45) is 0 Å². The van der Waals surface area contributed by atoms with Crippen LogP contribution in [0.2, 0.25) is 0 Å². The highest BCUT2D eigenvalue weighted by Gasteiger charge is 2.46. The van der Waals surface area contributed by atoms with E-state index >= 15 is 0 Å². The highest BCUT2D eigenvalue weighted by atomic mass is 32.1. The van der Waals surface area contributed by atoms with Gasteiger partial charge < -0.3 is 19.7 Å². The number of aromatic amines is 1. The van der Waals surface area contributed by atoms with E-state index in [-0.39, 0.29) is 16.9 Å². The molecular weight excluding hydrogens is 476 g/mol. The highest BCUT2D eigenvalue weighted by Crippen LogP contribution is 2.41. The van der Waals surface area contributed by atoms with Crippen LogP contribution < -0.4 is 5.56 Å². The lowest BCUT2D eigenvalue weighted by Crippen LogP contribution is -2.39. The van der Waals surface area contributed by atoms with Gasteiger partial charge in [-0.05, 0) is 28.9 Å². The number of H-pyrrole nitrogens is 1. The molecule has 0 aliphatic carbocycles. The lowest BCUT2D eigenvalue weighted by molar-refractivity contribution is -0.0954. The molecule has 2 heterocycles. The SMILES string of the molecule is O=c1ccn([C@@H]2O[C@@H](COC(c3ccccc3)(c3ccccc3)c3ccccc3)[C@H](O)[C@@H]2O)c(=S)[nH]1. The molecule has 4 atom stereocenters. The number of nitrogens with zero attached hydrogens (tertiary/aromatic N) is 1. The van der Waals surface area contributed by atoms with E-state index in [1.54, 1.807) is 0 Å². The zero-order valence-electron chi connectivity index (χ0n) is 19.3. The van der Waals surface area contributed by atoms with Gasteiger partial charge in [-0.1, -0.05) is 91.0 Å². The van der Waals surface area contributed by atoms with Crippen LogP contribution in [0.15, 0.2) is 108 Å². The summed E-state index contributed by atoms with van der Waals surface area (Å²) in [5.74, 6) is 0. The summed E-state index contributed by atoms with van der Waals surface area (Å²) in [6.07, 6.45) is -2.89. The lowest BCUT2D eigenvalue weighted by atomic mass is 9.80. The Morgan fingerprint density at radius 2 is 1.33 bits per heavy atom. The van der Waals surface area contributed by atoms with Crippen LogP contribution in [0.25, 0.3) is 0 Å². The average Bonchev–Trinajstić information content (AvgIpc) is 3.19. The number of nitrogens with one attached hydrogen (secondary N) is 1. The molecule has 0 saturated carbocycles. The summed E-state index contributed by atoms with van der Waals surface area (Å²) < 4.78 is 14.3. The number of rotatable bonds is 7. The molecule has 0 amide bonds. The second-order valence-electron chi connectivity index (χ2n) is 8.65. The van der Waals surface area contributed by atoms with Crippen molar-refractivity contribution < 1.29 is 19.7 Å². The Bertz CT molecular complexity index is 1310. The second-order valence-corrected chi connectivity index (χ2v) is 9.04. The van der Waals surface area contributed by atoms with E-state index in [2.05, 4.69) is 4.98 Å². The van der Waals surface area contributed by atoms with Gasteiger partial charge in [-0.2, -0.15) is 0 Å². The molecule has 0 radical (unpaired) electrons. The number of hydrogen-bond acceptors (Lipinski definition) is 6. The van der Waals surface area contributed by atoms with Crippen molar-refractivity contribution in [3.05, 3.63) is 135 Å². The number of aromatic nitrogens is 2. The summed E-state index contributed by atoms with van der Waals surface area (Å²) in [6.45, 7) is -0.0237. The Balaban J connectivity index is 1.52. The van der Waals surface area contributed by atoms with Crippen LogP contribution in [0, 0.1) is 4.77 Å². The summed E-state index contributed by atoms with van der Waals surface area (Å²) in [5, 5.41) is 21.6. The maximum atomic E-state index is 11.6. The predicted molar refractivity (Wildman–Crippen MR) is 137 cm³/mol. The minimum atomic E-state index is -1.27. The van der Waals surface area contributed by atoms with Crippen molar-refractivity contribution in [3.63, 3.8) is 0 Å². The van der Waals surface area contributed by atoms with Crippen LogP contribution in [0.5, 0.6) is 0 Å². The smallest absolute Gasteiger partial charge is 0.251 e. The van der Waals surface area contributed by atoms with Gasteiger partial charge in [0, 0.05) is 12.3 Å². The van der Waals surface area contributed by atoms with Gasteiger partial charge in [-0.3, -0.25) is 14.3 Å². The molecule has 3 N–H and O–H groups in total. The molecule has 36 heavy (non-hydrogen) atoms. The van der Waals surface area contributed by atoms with Crippen LogP contribution in [0.1, 0.15) is 22.9 Å². The predicted octanol–water partition coefficient (Wildman–Crippen LogP) is 3.53.